The van der Waals surface area contributed by atoms with Gasteiger partial charge in [0.15, 0.2) is 0 Å². The number of nitrogens with two attached hydrogens (primary N) is 1. The summed E-state index contributed by atoms with van der Waals surface area (Å²) in [6.45, 7) is 0. The van der Waals surface area contributed by atoms with Gasteiger partial charge in [-0.2, -0.15) is 0 Å². The maximum atomic E-state index is 13.5. The first kappa shape index (κ1) is 13.9. The maximum absolute atomic E-state index is 13.5. The summed E-state index contributed by atoms with van der Waals surface area (Å²) in [5, 5.41) is 0. The Morgan fingerprint density at radius 2 is 1.94 bits per heavy atom. The lowest BCUT2D eigenvalue weighted by Crippen LogP contribution is -2.50. The normalized spacial score (nSPS) is 23.8. The molecule has 1 aromatic rings. The summed E-state index contributed by atoms with van der Waals surface area (Å²) < 4.78 is 52.5. The quantitative estimate of drug-likeness (QED) is 0.875. The summed E-state index contributed by atoms with van der Waals surface area (Å²) in [4.78, 5) is -0.579. The van der Waals surface area contributed by atoms with Crippen LogP contribution in [0.3, 0.4) is 0 Å². The van der Waals surface area contributed by atoms with Crippen LogP contribution in [-0.4, -0.2) is 20.5 Å². The zero-order valence-corrected chi connectivity index (χ0v) is 11.6. The van der Waals surface area contributed by atoms with Crippen LogP contribution in [0.25, 0.3) is 0 Å². The highest BCUT2D eigenvalue weighted by atomic mass is 79.9. The fraction of sp³-hybridized carbons (Fsp3) is 0.400. The van der Waals surface area contributed by atoms with Gasteiger partial charge in [-0.15, -0.1) is 0 Å². The van der Waals surface area contributed by atoms with Gasteiger partial charge in [0.05, 0.1) is 0 Å². The van der Waals surface area contributed by atoms with Crippen molar-refractivity contribution in [1.82, 2.24) is 4.72 Å². The fourth-order valence-corrected chi connectivity index (χ4v) is 4.25. The number of sulfonamides is 1. The molecule has 1 saturated carbocycles. The molecule has 0 aromatic heterocycles. The van der Waals surface area contributed by atoms with Gasteiger partial charge in [0.25, 0.3) is 0 Å². The average molecular weight is 341 g/mol. The Bertz CT molecular complexity index is 550. The van der Waals surface area contributed by atoms with Gasteiger partial charge in [0.1, 0.15) is 16.5 Å². The predicted molar refractivity (Wildman–Crippen MR) is 65.4 cm³/mol. The molecule has 0 radical (unpaired) electrons. The van der Waals surface area contributed by atoms with Crippen molar-refractivity contribution in [3.63, 3.8) is 0 Å². The predicted octanol–water partition coefficient (Wildman–Crippen LogP) is 1.50. The Morgan fingerprint density at radius 1 is 1.33 bits per heavy atom. The van der Waals surface area contributed by atoms with E-state index >= 15 is 0 Å². The molecular formula is C10H11BrF2N2O2S. The van der Waals surface area contributed by atoms with Crippen LogP contribution < -0.4 is 10.5 Å². The lowest BCUT2D eigenvalue weighted by Gasteiger charge is -2.32. The second kappa shape index (κ2) is 4.84. The number of benzene rings is 1. The van der Waals surface area contributed by atoms with E-state index in [1.54, 1.807) is 0 Å². The zero-order chi connectivity index (χ0) is 13.5. The topological polar surface area (TPSA) is 72.2 Å². The molecule has 8 heteroatoms. The zero-order valence-electron chi connectivity index (χ0n) is 9.16. The number of hydrogen-bond donors (Lipinski definition) is 2. The summed E-state index contributed by atoms with van der Waals surface area (Å²) >= 11 is 2.85. The van der Waals surface area contributed by atoms with Crippen LogP contribution in [0.4, 0.5) is 8.78 Å². The molecule has 1 aliphatic rings. The smallest absolute Gasteiger partial charge is 0.244 e. The second-order valence-corrected chi connectivity index (χ2v) is 6.75. The number of halogens is 3. The summed E-state index contributed by atoms with van der Waals surface area (Å²) in [6, 6.07) is 1.12. The van der Waals surface area contributed by atoms with Crippen molar-refractivity contribution in [1.29, 1.82) is 0 Å². The van der Waals surface area contributed by atoms with E-state index in [-0.39, 0.29) is 16.6 Å². The van der Waals surface area contributed by atoms with E-state index in [2.05, 4.69) is 20.7 Å². The summed E-state index contributed by atoms with van der Waals surface area (Å²) in [6.07, 6.45) is 1.03. The number of hydrogen-bond acceptors (Lipinski definition) is 3. The van der Waals surface area contributed by atoms with Crippen molar-refractivity contribution in [2.24, 2.45) is 5.73 Å². The van der Waals surface area contributed by atoms with Crippen LogP contribution in [0.1, 0.15) is 12.8 Å². The minimum Gasteiger partial charge on any atom is -0.328 e. The molecule has 0 heterocycles. The van der Waals surface area contributed by atoms with Crippen LogP contribution in [-0.2, 0) is 10.0 Å². The summed E-state index contributed by atoms with van der Waals surface area (Å²) in [7, 11) is -4.02. The third kappa shape index (κ3) is 2.71. The van der Waals surface area contributed by atoms with Crippen molar-refractivity contribution >= 4 is 26.0 Å². The Kier molecular flexibility index (Phi) is 3.72. The standard InChI is InChI=1S/C10H11BrF2N2O2S/c11-8-1-5(12)2-9(13)10(8)18(16,17)15-7-3-6(14)4-7/h1-2,6-7,15H,3-4,14H2. The molecule has 4 nitrogen and oxygen atoms in total. The van der Waals surface area contributed by atoms with Crippen LogP contribution in [0.2, 0.25) is 0 Å². The van der Waals surface area contributed by atoms with E-state index in [0.717, 1.165) is 6.07 Å². The minimum absolute atomic E-state index is 0.0285. The van der Waals surface area contributed by atoms with Crippen LogP contribution in [0.5, 0.6) is 0 Å². The molecule has 1 aromatic carbocycles. The van der Waals surface area contributed by atoms with Crippen molar-refractivity contribution in [2.45, 2.75) is 29.8 Å². The molecule has 0 bridgehead atoms. The number of nitrogens with one attached hydrogen (secondary N) is 1. The van der Waals surface area contributed by atoms with Gasteiger partial charge in [0.2, 0.25) is 10.0 Å². The molecule has 0 unspecified atom stereocenters. The molecule has 2 rings (SSSR count). The van der Waals surface area contributed by atoms with Gasteiger partial charge in [-0.05, 0) is 34.8 Å². The Balaban J connectivity index is 2.30. The summed E-state index contributed by atoms with van der Waals surface area (Å²) in [5.74, 6) is -1.97. The van der Waals surface area contributed by atoms with Crippen LogP contribution in [0.15, 0.2) is 21.5 Å². The summed E-state index contributed by atoms with van der Waals surface area (Å²) in [5.41, 5.74) is 5.54. The first-order valence-electron chi connectivity index (χ1n) is 5.22. The Morgan fingerprint density at radius 3 is 2.44 bits per heavy atom. The first-order valence-corrected chi connectivity index (χ1v) is 7.49. The molecule has 0 spiro atoms. The lowest BCUT2D eigenvalue weighted by molar-refractivity contribution is 0.326. The Hall–Kier alpha value is -0.570. The first-order chi connectivity index (χ1) is 8.29. The van der Waals surface area contributed by atoms with E-state index < -0.39 is 26.6 Å². The molecule has 1 aliphatic carbocycles. The third-order valence-electron chi connectivity index (χ3n) is 2.73. The van der Waals surface area contributed by atoms with Gasteiger partial charge in [-0.3, -0.25) is 0 Å². The highest BCUT2D eigenvalue weighted by Crippen LogP contribution is 2.28. The van der Waals surface area contributed by atoms with E-state index in [1.807, 2.05) is 0 Å². The van der Waals surface area contributed by atoms with Crippen LogP contribution >= 0.6 is 15.9 Å². The fourth-order valence-electron chi connectivity index (χ4n) is 1.82. The second-order valence-electron chi connectivity index (χ2n) is 4.25. The van der Waals surface area contributed by atoms with Crippen molar-refractivity contribution in [3.05, 3.63) is 28.2 Å². The van der Waals surface area contributed by atoms with Crippen molar-refractivity contribution in [2.75, 3.05) is 0 Å². The lowest BCUT2D eigenvalue weighted by atomic mass is 9.89. The monoisotopic (exact) mass is 340 g/mol. The maximum Gasteiger partial charge on any atom is 0.244 e. The van der Waals surface area contributed by atoms with E-state index in [4.69, 9.17) is 5.73 Å². The highest BCUT2D eigenvalue weighted by Gasteiger charge is 2.32. The molecule has 1 fully saturated rings. The van der Waals surface area contributed by atoms with Gasteiger partial charge < -0.3 is 5.73 Å². The molecule has 100 valence electrons. The molecule has 0 amide bonds. The molecule has 18 heavy (non-hydrogen) atoms. The van der Waals surface area contributed by atoms with E-state index in [0.29, 0.717) is 18.9 Å². The molecule has 3 N–H and O–H groups in total. The highest BCUT2D eigenvalue weighted by molar-refractivity contribution is 9.10. The van der Waals surface area contributed by atoms with E-state index in [1.165, 1.54) is 0 Å². The van der Waals surface area contributed by atoms with Gasteiger partial charge in [0, 0.05) is 22.6 Å². The number of rotatable bonds is 3. The molecule has 0 aliphatic heterocycles. The average Bonchev–Trinajstić information content (AvgIpc) is 2.11. The largest absolute Gasteiger partial charge is 0.328 e. The van der Waals surface area contributed by atoms with Gasteiger partial charge in [-0.1, -0.05) is 0 Å². The molecule has 0 saturated heterocycles. The Labute approximate surface area is 112 Å². The van der Waals surface area contributed by atoms with Crippen molar-refractivity contribution in [3.8, 4) is 0 Å². The SMILES string of the molecule is NC1CC(NS(=O)(=O)c2c(F)cc(F)cc2Br)C1. The van der Waals surface area contributed by atoms with Crippen molar-refractivity contribution < 1.29 is 17.2 Å². The van der Waals surface area contributed by atoms with Gasteiger partial charge in [-0.25, -0.2) is 21.9 Å². The van der Waals surface area contributed by atoms with Gasteiger partial charge >= 0.3 is 0 Å². The van der Waals surface area contributed by atoms with E-state index in [9.17, 15) is 17.2 Å². The minimum atomic E-state index is -4.02. The van der Waals surface area contributed by atoms with Crippen LogP contribution in [0, 0.1) is 11.6 Å². The molecule has 0 atom stereocenters. The molecular weight excluding hydrogens is 330 g/mol. The third-order valence-corrected chi connectivity index (χ3v) is 5.21.